The molecule has 0 radical (unpaired) electrons. The van der Waals surface area contributed by atoms with Crippen molar-refractivity contribution in [2.24, 2.45) is 0 Å². The Labute approximate surface area is 147 Å². The van der Waals surface area contributed by atoms with Gasteiger partial charge in [0, 0.05) is 13.1 Å². The monoisotopic (exact) mass is 347 g/mol. The highest BCUT2D eigenvalue weighted by Crippen LogP contribution is 2.34. The molecule has 128 valence electrons. The van der Waals surface area contributed by atoms with E-state index in [4.69, 9.17) is 22.1 Å². The Bertz CT molecular complexity index is 730. The van der Waals surface area contributed by atoms with Crippen molar-refractivity contribution in [3.8, 4) is 5.75 Å². The number of halogens is 1. The second-order valence-electron chi connectivity index (χ2n) is 5.22. The number of carbonyl (C=O) groups excluding carboxylic acids is 1. The van der Waals surface area contributed by atoms with Gasteiger partial charge in [0.15, 0.2) is 0 Å². The molecule has 0 spiro atoms. The number of nitrogens with one attached hydrogen (secondary N) is 1. The molecule has 0 aliphatic heterocycles. The van der Waals surface area contributed by atoms with E-state index in [1.54, 1.807) is 30.3 Å². The molecule has 0 unspecified atom stereocenters. The Kier molecular flexibility index (Phi) is 5.93. The average Bonchev–Trinajstić information content (AvgIpc) is 2.59. The first-order valence-electron chi connectivity index (χ1n) is 7.80. The molecule has 0 aliphatic rings. The van der Waals surface area contributed by atoms with E-state index >= 15 is 0 Å². The van der Waals surface area contributed by atoms with E-state index in [1.165, 1.54) is 7.11 Å². The fourth-order valence-corrected chi connectivity index (χ4v) is 2.75. The van der Waals surface area contributed by atoms with Crippen molar-refractivity contribution in [3.05, 3.63) is 47.0 Å². The van der Waals surface area contributed by atoms with Gasteiger partial charge in [0.05, 0.1) is 34.8 Å². The minimum Gasteiger partial charge on any atom is -0.496 e. The first-order chi connectivity index (χ1) is 11.5. The van der Waals surface area contributed by atoms with Crippen molar-refractivity contribution >= 4 is 34.6 Å². The maximum atomic E-state index is 12.6. The predicted molar refractivity (Wildman–Crippen MR) is 100 cm³/mol. The van der Waals surface area contributed by atoms with Crippen molar-refractivity contribution in [2.75, 3.05) is 36.1 Å². The van der Waals surface area contributed by atoms with Crippen LogP contribution in [0.15, 0.2) is 36.4 Å². The van der Waals surface area contributed by atoms with E-state index in [0.29, 0.717) is 27.7 Å². The van der Waals surface area contributed by atoms with E-state index in [2.05, 4.69) is 10.2 Å². The summed E-state index contributed by atoms with van der Waals surface area (Å²) in [6.45, 7) is 5.71. The van der Waals surface area contributed by atoms with Gasteiger partial charge in [0.2, 0.25) is 0 Å². The van der Waals surface area contributed by atoms with Gasteiger partial charge in [-0.15, -0.1) is 0 Å². The Balaban J connectivity index is 2.35. The fourth-order valence-electron chi connectivity index (χ4n) is 2.53. The molecule has 0 saturated carbocycles. The number of amides is 1. The summed E-state index contributed by atoms with van der Waals surface area (Å²) in [5, 5.41) is 3.23. The fraction of sp³-hybridized carbons (Fsp3) is 0.278. The normalized spacial score (nSPS) is 10.3. The van der Waals surface area contributed by atoms with Crippen LogP contribution in [-0.2, 0) is 0 Å². The zero-order chi connectivity index (χ0) is 17.7. The molecule has 24 heavy (non-hydrogen) atoms. The first-order valence-corrected chi connectivity index (χ1v) is 8.17. The third kappa shape index (κ3) is 3.74. The standard InChI is InChI=1S/C18H22ClN3O2/c1-4-22(5-2)16-11-15(13(19)10-14(16)20)21-18(23)12-8-6-7-9-17(12)24-3/h6-11H,4-5,20H2,1-3H3,(H,21,23). The van der Waals surface area contributed by atoms with Crippen molar-refractivity contribution in [1.29, 1.82) is 0 Å². The summed E-state index contributed by atoms with van der Waals surface area (Å²) in [7, 11) is 1.53. The van der Waals surface area contributed by atoms with Crippen molar-refractivity contribution < 1.29 is 9.53 Å². The van der Waals surface area contributed by atoms with Gasteiger partial charge < -0.3 is 20.7 Å². The van der Waals surface area contributed by atoms with Crippen LogP contribution in [0.1, 0.15) is 24.2 Å². The number of methoxy groups -OCH3 is 1. The average molecular weight is 348 g/mol. The number of hydrogen-bond donors (Lipinski definition) is 2. The Morgan fingerprint density at radius 2 is 1.92 bits per heavy atom. The smallest absolute Gasteiger partial charge is 0.259 e. The predicted octanol–water partition coefficient (Wildman–Crippen LogP) is 4.03. The molecule has 0 aliphatic carbocycles. The van der Waals surface area contributed by atoms with Crippen molar-refractivity contribution in [1.82, 2.24) is 0 Å². The highest BCUT2D eigenvalue weighted by molar-refractivity contribution is 6.34. The van der Waals surface area contributed by atoms with Crippen LogP contribution in [0, 0.1) is 0 Å². The highest BCUT2D eigenvalue weighted by Gasteiger charge is 2.16. The van der Waals surface area contributed by atoms with E-state index in [9.17, 15) is 4.79 Å². The molecule has 0 aromatic heterocycles. The molecule has 5 nitrogen and oxygen atoms in total. The number of rotatable bonds is 6. The number of nitrogens with zero attached hydrogens (tertiary/aromatic N) is 1. The van der Waals surface area contributed by atoms with E-state index in [1.807, 2.05) is 19.9 Å². The lowest BCUT2D eigenvalue weighted by Gasteiger charge is -2.24. The number of nitrogen functional groups attached to an aromatic ring is 1. The molecular formula is C18H22ClN3O2. The molecule has 2 aromatic rings. The number of hydrogen-bond acceptors (Lipinski definition) is 4. The lowest BCUT2D eigenvalue weighted by atomic mass is 10.1. The number of ether oxygens (including phenoxy) is 1. The summed E-state index contributed by atoms with van der Waals surface area (Å²) in [6, 6.07) is 10.5. The molecule has 6 heteroatoms. The van der Waals surface area contributed by atoms with E-state index in [-0.39, 0.29) is 5.91 Å². The van der Waals surface area contributed by atoms with Gasteiger partial charge in [-0.25, -0.2) is 0 Å². The SMILES string of the molecule is CCN(CC)c1cc(NC(=O)c2ccccc2OC)c(Cl)cc1N. The highest BCUT2D eigenvalue weighted by atomic mass is 35.5. The van der Waals surface area contributed by atoms with Gasteiger partial charge in [-0.2, -0.15) is 0 Å². The number of anilines is 3. The van der Waals surface area contributed by atoms with Crippen LogP contribution in [0.3, 0.4) is 0 Å². The molecule has 3 N–H and O–H groups in total. The van der Waals surface area contributed by atoms with Crippen LogP contribution < -0.4 is 20.7 Å². The van der Waals surface area contributed by atoms with Crippen molar-refractivity contribution in [3.63, 3.8) is 0 Å². The van der Waals surface area contributed by atoms with Crippen LogP contribution in [0.4, 0.5) is 17.1 Å². The minimum atomic E-state index is -0.287. The summed E-state index contributed by atoms with van der Waals surface area (Å²) in [6.07, 6.45) is 0. The van der Waals surface area contributed by atoms with Crippen LogP contribution in [0.25, 0.3) is 0 Å². The van der Waals surface area contributed by atoms with E-state index in [0.717, 1.165) is 18.8 Å². The van der Waals surface area contributed by atoms with Gasteiger partial charge >= 0.3 is 0 Å². The summed E-state index contributed by atoms with van der Waals surface area (Å²) >= 11 is 6.25. The molecule has 0 heterocycles. The third-order valence-corrected chi connectivity index (χ3v) is 4.13. The largest absolute Gasteiger partial charge is 0.496 e. The van der Waals surface area contributed by atoms with Crippen LogP contribution >= 0.6 is 11.6 Å². The molecule has 0 fully saturated rings. The van der Waals surface area contributed by atoms with E-state index < -0.39 is 0 Å². The van der Waals surface area contributed by atoms with Gasteiger partial charge in [0.1, 0.15) is 5.75 Å². The van der Waals surface area contributed by atoms with Crippen LogP contribution in [0.2, 0.25) is 5.02 Å². The molecule has 0 saturated heterocycles. The first kappa shape index (κ1) is 17.9. The second-order valence-corrected chi connectivity index (χ2v) is 5.62. The number of para-hydroxylation sites is 1. The van der Waals surface area contributed by atoms with Gasteiger partial charge in [0.25, 0.3) is 5.91 Å². The lowest BCUT2D eigenvalue weighted by Crippen LogP contribution is -2.23. The topological polar surface area (TPSA) is 67.6 Å². The van der Waals surface area contributed by atoms with Crippen LogP contribution in [0.5, 0.6) is 5.75 Å². The summed E-state index contributed by atoms with van der Waals surface area (Å²) in [5.74, 6) is 0.218. The zero-order valence-corrected chi connectivity index (χ0v) is 14.9. The molecular weight excluding hydrogens is 326 g/mol. The molecule has 0 bridgehead atoms. The number of benzene rings is 2. The van der Waals surface area contributed by atoms with Crippen molar-refractivity contribution in [2.45, 2.75) is 13.8 Å². The summed E-state index contributed by atoms with van der Waals surface area (Å²) in [5.41, 5.74) is 8.46. The van der Waals surface area contributed by atoms with Gasteiger partial charge in [-0.1, -0.05) is 23.7 Å². The maximum absolute atomic E-state index is 12.6. The quantitative estimate of drug-likeness (QED) is 0.774. The lowest BCUT2D eigenvalue weighted by molar-refractivity contribution is 0.102. The minimum absolute atomic E-state index is 0.287. The molecule has 1 amide bonds. The Morgan fingerprint density at radius 1 is 1.25 bits per heavy atom. The molecule has 2 aromatic carbocycles. The summed E-state index contributed by atoms with van der Waals surface area (Å²) < 4.78 is 5.23. The van der Waals surface area contributed by atoms with Gasteiger partial charge in [-0.05, 0) is 38.1 Å². The Morgan fingerprint density at radius 3 is 2.54 bits per heavy atom. The third-order valence-electron chi connectivity index (χ3n) is 3.82. The Hall–Kier alpha value is -2.40. The molecule has 2 rings (SSSR count). The van der Waals surface area contributed by atoms with Gasteiger partial charge in [-0.3, -0.25) is 4.79 Å². The zero-order valence-electron chi connectivity index (χ0n) is 14.1. The summed E-state index contributed by atoms with van der Waals surface area (Å²) in [4.78, 5) is 14.7. The van der Waals surface area contributed by atoms with Crippen LogP contribution in [-0.4, -0.2) is 26.1 Å². The second kappa shape index (κ2) is 7.93. The molecule has 0 atom stereocenters. The number of nitrogens with two attached hydrogens (primary N) is 1. The maximum Gasteiger partial charge on any atom is 0.259 e. The number of carbonyl (C=O) groups is 1.